The summed E-state index contributed by atoms with van der Waals surface area (Å²) >= 11 is 0. The van der Waals surface area contributed by atoms with Crippen molar-refractivity contribution >= 4 is 17.8 Å². The number of carbonyl (C=O) groups excluding carboxylic acids is 1. The Morgan fingerprint density at radius 3 is 2.56 bits per heavy atom. The molecular formula is C12H15N3O. The van der Waals surface area contributed by atoms with E-state index in [1.54, 1.807) is 13.0 Å². The molecule has 0 aliphatic carbocycles. The fourth-order valence-corrected chi connectivity index (χ4v) is 1.07. The van der Waals surface area contributed by atoms with Crippen molar-refractivity contribution in [2.45, 2.75) is 13.8 Å². The van der Waals surface area contributed by atoms with E-state index in [2.05, 4.69) is 10.5 Å². The van der Waals surface area contributed by atoms with Gasteiger partial charge in [-0.3, -0.25) is 0 Å². The number of nitrogens with two attached hydrogens (primary N) is 1. The predicted octanol–water partition coefficient (Wildman–Crippen LogP) is 2.05. The van der Waals surface area contributed by atoms with Gasteiger partial charge in [-0.15, -0.1) is 0 Å². The largest absolute Gasteiger partial charge is 0.350 e. The average Bonchev–Trinajstić information content (AvgIpc) is 2.25. The van der Waals surface area contributed by atoms with Gasteiger partial charge in [0.25, 0.3) is 0 Å². The molecule has 1 aromatic carbocycles. The van der Waals surface area contributed by atoms with Crippen LogP contribution in [0.1, 0.15) is 18.1 Å². The third-order valence-corrected chi connectivity index (χ3v) is 1.94. The van der Waals surface area contributed by atoms with Crippen molar-refractivity contribution in [3.63, 3.8) is 0 Å². The SMILES string of the molecule is CC(/C=C\c1ccc(C)cc1)=N/NC(N)=O. The normalized spacial score (nSPS) is 11.8. The number of hydrazone groups is 1. The fourth-order valence-electron chi connectivity index (χ4n) is 1.07. The summed E-state index contributed by atoms with van der Waals surface area (Å²) in [4.78, 5) is 10.4. The van der Waals surface area contributed by atoms with Crippen molar-refractivity contribution in [1.82, 2.24) is 5.43 Å². The van der Waals surface area contributed by atoms with Crippen LogP contribution < -0.4 is 11.2 Å². The van der Waals surface area contributed by atoms with Gasteiger partial charge in [-0.2, -0.15) is 5.10 Å². The Morgan fingerprint density at radius 1 is 1.38 bits per heavy atom. The molecule has 0 unspecified atom stereocenters. The molecule has 0 aliphatic rings. The van der Waals surface area contributed by atoms with Gasteiger partial charge in [0.15, 0.2) is 0 Å². The van der Waals surface area contributed by atoms with Crippen LogP contribution in [0.3, 0.4) is 0 Å². The topological polar surface area (TPSA) is 67.5 Å². The first kappa shape index (κ1) is 12.0. The summed E-state index contributed by atoms with van der Waals surface area (Å²) < 4.78 is 0. The van der Waals surface area contributed by atoms with Crippen molar-refractivity contribution < 1.29 is 4.79 Å². The molecule has 0 aromatic heterocycles. The first-order valence-corrected chi connectivity index (χ1v) is 4.92. The quantitative estimate of drug-likeness (QED) is 0.590. The van der Waals surface area contributed by atoms with E-state index < -0.39 is 6.03 Å². The van der Waals surface area contributed by atoms with Crippen molar-refractivity contribution in [2.24, 2.45) is 10.8 Å². The van der Waals surface area contributed by atoms with Gasteiger partial charge >= 0.3 is 6.03 Å². The zero-order valence-electron chi connectivity index (χ0n) is 9.40. The zero-order chi connectivity index (χ0) is 12.0. The second-order valence-corrected chi connectivity index (χ2v) is 3.47. The molecule has 1 aromatic rings. The number of nitrogens with zero attached hydrogens (tertiary/aromatic N) is 1. The molecule has 4 heteroatoms. The Hall–Kier alpha value is -2.10. The van der Waals surface area contributed by atoms with E-state index in [0.29, 0.717) is 5.71 Å². The molecule has 84 valence electrons. The average molecular weight is 217 g/mol. The number of hydrogen-bond donors (Lipinski definition) is 2. The summed E-state index contributed by atoms with van der Waals surface area (Å²) in [5, 5.41) is 3.76. The molecule has 16 heavy (non-hydrogen) atoms. The Labute approximate surface area is 94.8 Å². The monoisotopic (exact) mass is 217 g/mol. The van der Waals surface area contributed by atoms with Gasteiger partial charge in [0.2, 0.25) is 0 Å². The lowest BCUT2D eigenvalue weighted by atomic mass is 10.1. The van der Waals surface area contributed by atoms with Gasteiger partial charge in [-0.25, -0.2) is 10.2 Å². The molecular weight excluding hydrogens is 202 g/mol. The lowest BCUT2D eigenvalue weighted by Crippen LogP contribution is -2.25. The van der Waals surface area contributed by atoms with Gasteiger partial charge in [-0.1, -0.05) is 35.9 Å². The Balaban J connectivity index is 2.62. The molecule has 0 atom stereocenters. The number of rotatable bonds is 3. The minimum Gasteiger partial charge on any atom is -0.350 e. The highest BCUT2D eigenvalue weighted by molar-refractivity contribution is 5.96. The number of primary amides is 1. The van der Waals surface area contributed by atoms with E-state index in [1.165, 1.54) is 5.56 Å². The van der Waals surface area contributed by atoms with E-state index in [1.807, 2.05) is 37.3 Å². The maximum absolute atomic E-state index is 10.4. The van der Waals surface area contributed by atoms with Crippen LogP contribution in [0, 0.1) is 6.92 Å². The summed E-state index contributed by atoms with van der Waals surface area (Å²) in [6.45, 7) is 3.82. The number of nitrogens with one attached hydrogen (secondary N) is 1. The Kier molecular flexibility index (Phi) is 4.27. The molecule has 0 spiro atoms. The first-order valence-electron chi connectivity index (χ1n) is 4.92. The molecule has 0 saturated carbocycles. The van der Waals surface area contributed by atoms with Crippen molar-refractivity contribution in [1.29, 1.82) is 0 Å². The summed E-state index contributed by atoms with van der Waals surface area (Å²) in [6.07, 6.45) is 3.72. The maximum atomic E-state index is 10.4. The number of amides is 2. The molecule has 0 aliphatic heterocycles. The van der Waals surface area contributed by atoms with Crippen molar-refractivity contribution in [3.8, 4) is 0 Å². The van der Waals surface area contributed by atoms with Crippen LogP contribution in [0.15, 0.2) is 35.4 Å². The molecule has 0 saturated heterocycles. The number of hydrogen-bond acceptors (Lipinski definition) is 2. The second kappa shape index (κ2) is 5.70. The van der Waals surface area contributed by atoms with Crippen LogP contribution in [-0.2, 0) is 0 Å². The van der Waals surface area contributed by atoms with Crippen LogP contribution >= 0.6 is 0 Å². The van der Waals surface area contributed by atoms with E-state index in [-0.39, 0.29) is 0 Å². The molecule has 0 radical (unpaired) electrons. The summed E-state index contributed by atoms with van der Waals surface area (Å²) in [5.41, 5.74) is 10.0. The van der Waals surface area contributed by atoms with Gasteiger partial charge < -0.3 is 5.73 Å². The lowest BCUT2D eigenvalue weighted by molar-refractivity contribution is 0.249. The Morgan fingerprint density at radius 2 is 2.00 bits per heavy atom. The molecule has 0 bridgehead atoms. The molecule has 1 rings (SSSR count). The van der Waals surface area contributed by atoms with Crippen molar-refractivity contribution in [2.75, 3.05) is 0 Å². The lowest BCUT2D eigenvalue weighted by Gasteiger charge is -1.96. The van der Waals surface area contributed by atoms with Crippen LogP contribution in [-0.4, -0.2) is 11.7 Å². The highest BCUT2D eigenvalue weighted by atomic mass is 16.2. The van der Waals surface area contributed by atoms with E-state index >= 15 is 0 Å². The van der Waals surface area contributed by atoms with Crippen LogP contribution in [0.4, 0.5) is 4.79 Å². The van der Waals surface area contributed by atoms with Gasteiger partial charge in [0.05, 0.1) is 5.71 Å². The molecule has 0 fully saturated rings. The number of benzene rings is 1. The molecule has 2 amide bonds. The van der Waals surface area contributed by atoms with E-state index in [0.717, 1.165) is 5.56 Å². The third-order valence-electron chi connectivity index (χ3n) is 1.94. The van der Waals surface area contributed by atoms with Crippen LogP contribution in [0.2, 0.25) is 0 Å². The fraction of sp³-hybridized carbons (Fsp3) is 0.167. The summed E-state index contributed by atoms with van der Waals surface area (Å²) in [5.74, 6) is 0. The standard InChI is InChI=1S/C12H15N3O/c1-9-3-6-11(7-4-9)8-5-10(2)14-15-12(13)16/h3-8H,1-2H3,(H3,13,15,16)/b8-5-,14-10-. The minimum atomic E-state index is -0.664. The minimum absolute atomic E-state index is 0.664. The number of urea groups is 1. The van der Waals surface area contributed by atoms with E-state index in [9.17, 15) is 4.79 Å². The smallest absolute Gasteiger partial charge is 0.332 e. The molecule has 3 N–H and O–H groups in total. The zero-order valence-corrected chi connectivity index (χ0v) is 9.40. The predicted molar refractivity (Wildman–Crippen MR) is 66.0 cm³/mol. The first-order chi connectivity index (χ1) is 7.58. The van der Waals surface area contributed by atoms with Crippen LogP contribution in [0.5, 0.6) is 0 Å². The summed E-state index contributed by atoms with van der Waals surface area (Å²) in [7, 11) is 0. The van der Waals surface area contributed by atoms with Gasteiger partial charge in [0, 0.05) is 0 Å². The molecule has 4 nitrogen and oxygen atoms in total. The number of allylic oxidation sites excluding steroid dienone is 1. The maximum Gasteiger partial charge on any atom is 0.332 e. The van der Waals surface area contributed by atoms with Crippen molar-refractivity contribution in [3.05, 3.63) is 41.5 Å². The van der Waals surface area contributed by atoms with E-state index in [4.69, 9.17) is 5.73 Å². The second-order valence-electron chi connectivity index (χ2n) is 3.47. The summed E-state index contributed by atoms with van der Waals surface area (Å²) in [6, 6.07) is 7.44. The Bertz CT molecular complexity index is 418. The van der Waals surface area contributed by atoms with Crippen LogP contribution in [0.25, 0.3) is 6.08 Å². The molecule has 0 heterocycles. The van der Waals surface area contributed by atoms with Gasteiger partial charge in [-0.05, 0) is 25.5 Å². The highest BCUT2D eigenvalue weighted by Crippen LogP contribution is 2.04. The third kappa shape index (κ3) is 4.41. The van der Waals surface area contributed by atoms with Gasteiger partial charge in [0.1, 0.15) is 0 Å². The number of aryl methyl sites for hydroxylation is 1. The highest BCUT2D eigenvalue weighted by Gasteiger charge is 1.89. The number of carbonyl (C=O) groups is 1.